The van der Waals surface area contributed by atoms with Crippen molar-refractivity contribution in [3.05, 3.63) is 0 Å². The van der Waals surface area contributed by atoms with Crippen molar-refractivity contribution >= 4 is 18.3 Å². The summed E-state index contributed by atoms with van der Waals surface area (Å²) in [6, 6.07) is 0. The van der Waals surface area contributed by atoms with E-state index < -0.39 is 0 Å². The SMILES string of the molecule is CC1(C(=O)NCC2CCCC2)CCCCN1.Cl. The van der Waals surface area contributed by atoms with Crippen LogP contribution in [0.25, 0.3) is 0 Å². The molecule has 1 unspecified atom stereocenters. The number of hydrogen-bond acceptors (Lipinski definition) is 2. The quantitative estimate of drug-likeness (QED) is 0.817. The molecule has 100 valence electrons. The van der Waals surface area contributed by atoms with Crippen molar-refractivity contribution in [1.29, 1.82) is 0 Å². The summed E-state index contributed by atoms with van der Waals surface area (Å²) >= 11 is 0. The summed E-state index contributed by atoms with van der Waals surface area (Å²) < 4.78 is 0. The van der Waals surface area contributed by atoms with E-state index in [-0.39, 0.29) is 23.9 Å². The first-order valence-corrected chi connectivity index (χ1v) is 6.74. The molecule has 2 N–H and O–H groups in total. The summed E-state index contributed by atoms with van der Waals surface area (Å²) in [6.45, 7) is 3.90. The monoisotopic (exact) mass is 260 g/mol. The van der Waals surface area contributed by atoms with Crippen molar-refractivity contribution < 1.29 is 4.79 Å². The molecular weight excluding hydrogens is 236 g/mol. The summed E-state index contributed by atoms with van der Waals surface area (Å²) in [5, 5.41) is 6.49. The topological polar surface area (TPSA) is 41.1 Å². The smallest absolute Gasteiger partial charge is 0.240 e. The molecule has 3 nitrogen and oxygen atoms in total. The Kier molecular flexibility index (Phi) is 5.74. The Bertz CT molecular complexity index is 246. The fourth-order valence-corrected chi connectivity index (χ4v) is 2.90. The highest BCUT2D eigenvalue weighted by molar-refractivity contribution is 5.86. The Hall–Kier alpha value is -0.280. The van der Waals surface area contributed by atoms with Crippen LogP contribution in [0.3, 0.4) is 0 Å². The van der Waals surface area contributed by atoms with E-state index in [0.717, 1.165) is 25.4 Å². The maximum Gasteiger partial charge on any atom is 0.240 e. The second-order valence-corrected chi connectivity index (χ2v) is 5.58. The molecule has 17 heavy (non-hydrogen) atoms. The van der Waals surface area contributed by atoms with Gasteiger partial charge in [-0.3, -0.25) is 4.79 Å². The minimum absolute atomic E-state index is 0. The third-order valence-electron chi connectivity index (χ3n) is 4.15. The Morgan fingerprint density at radius 3 is 2.59 bits per heavy atom. The third-order valence-corrected chi connectivity index (χ3v) is 4.15. The number of carbonyl (C=O) groups is 1. The average molecular weight is 261 g/mol. The summed E-state index contributed by atoms with van der Waals surface area (Å²) in [6.07, 6.45) is 8.62. The van der Waals surface area contributed by atoms with Gasteiger partial charge in [0.1, 0.15) is 0 Å². The van der Waals surface area contributed by atoms with E-state index in [1.54, 1.807) is 0 Å². The highest BCUT2D eigenvalue weighted by Gasteiger charge is 2.34. The summed E-state index contributed by atoms with van der Waals surface area (Å²) in [7, 11) is 0. The first kappa shape index (κ1) is 14.8. The molecule has 1 aliphatic heterocycles. The number of rotatable bonds is 3. The van der Waals surface area contributed by atoms with Gasteiger partial charge in [0.05, 0.1) is 5.54 Å². The summed E-state index contributed by atoms with van der Waals surface area (Å²) in [5.41, 5.74) is -0.309. The Labute approximate surface area is 111 Å². The van der Waals surface area contributed by atoms with Gasteiger partial charge in [-0.2, -0.15) is 0 Å². The summed E-state index contributed by atoms with van der Waals surface area (Å²) in [5.74, 6) is 0.940. The maximum absolute atomic E-state index is 12.1. The number of carbonyl (C=O) groups excluding carboxylic acids is 1. The Balaban J connectivity index is 0.00000144. The highest BCUT2D eigenvalue weighted by atomic mass is 35.5. The predicted octanol–water partition coefficient (Wildman–Crippen LogP) is 2.25. The van der Waals surface area contributed by atoms with Gasteiger partial charge in [0.2, 0.25) is 5.91 Å². The van der Waals surface area contributed by atoms with Crippen LogP contribution in [0.4, 0.5) is 0 Å². The molecule has 4 heteroatoms. The van der Waals surface area contributed by atoms with Crippen LogP contribution in [0.5, 0.6) is 0 Å². The molecule has 0 radical (unpaired) electrons. The van der Waals surface area contributed by atoms with Gasteiger partial charge in [-0.15, -0.1) is 12.4 Å². The van der Waals surface area contributed by atoms with Crippen molar-refractivity contribution in [2.45, 2.75) is 57.4 Å². The van der Waals surface area contributed by atoms with Crippen LogP contribution in [-0.4, -0.2) is 24.5 Å². The molecule has 2 aliphatic rings. The molecule has 1 aliphatic carbocycles. The van der Waals surface area contributed by atoms with E-state index in [1.165, 1.54) is 38.5 Å². The first-order chi connectivity index (χ1) is 7.71. The van der Waals surface area contributed by atoms with E-state index in [9.17, 15) is 4.79 Å². The number of piperidine rings is 1. The lowest BCUT2D eigenvalue weighted by Crippen LogP contribution is -2.57. The van der Waals surface area contributed by atoms with Crippen LogP contribution in [0.2, 0.25) is 0 Å². The molecule has 0 bridgehead atoms. The normalized spacial score (nSPS) is 29.7. The standard InChI is InChI=1S/C13H24N2O.ClH/c1-13(8-4-5-9-15-13)12(16)14-10-11-6-2-3-7-11;/h11,15H,2-10H2,1H3,(H,14,16);1H. The molecule has 1 saturated carbocycles. The molecule has 0 aromatic carbocycles. The molecule has 2 rings (SSSR count). The zero-order valence-corrected chi connectivity index (χ0v) is 11.6. The van der Waals surface area contributed by atoms with Gasteiger partial charge in [-0.1, -0.05) is 12.8 Å². The number of nitrogens with one attached hydrogen (secondary N) is 2. The van der Waals surface area contributed by atoms with Gasteiger partial charge < -0.3 is 10.6 Å². The van der Waals surface area contributed by atoms with Crippen LogP contribution in [0, 0.1) is 5.92 Å². The molecule has 1 saturated heterocycles. The van der Waals surface area contributed by atoms with Crippen molar-refractivity contribution in [1.82, 2.24) is 10.6 Å². The average Bonchev–Trinajstić information content (AvgIpc) is 2.79. The molecule has 1 heterocycles. The number of halogens is 1. The van der Waals surface area contributed by atoms with Crippen molar-refractivity contribution in [2.75, 3.05) is 13.1 Å². The molecule has 1 amide bonds. The lowest BCUT2D eigenvalue weighted by molar-refractivity contribution is -0.128. The Morgan fingerprint density at radius 1 is 1.29 bits per heavy atom. The van der Waals surface area contributed by atoms with Crippen LogP contribution in [0.15, 0.2) is 0 Å². The van der Waals surface area contributed by atoms with Crippen LogP contribution < -0.4 is 10.6 Å². The molecule has 0 aromatic heterocycles. The van der Waals surface area contributed by atoms with E-state index in [1.807, 2.05) is 6.92 Å². The highest BCUT2D eigenvalue weighted by Crippen LogP contribution is 2.24. The van der Waals surface area contributed by atoms with E-state index in [4.69, 9.17) is 0 Å². The van der Waals surface area contributed by atoms with Gasteiger partial charge in [-0.25, -0.2) is 0 Å². The van der Waals surface area contributed by atoms with Gasteiger partial charge in [0, 0.05) is 6.54 Å². The van der Waals surface area contributed by atoms with Gasteiger partial charge in [-0.05, 0) is 51.5 Å². The fourth-order valence-electron chi connectivity index (χ4n) is 2.90. The van der Waals surface area contributed by atoms with Crippen molar-refractivity contribution in [3.8, 4) is 0 Å². The van der Waals surface area contributed by atoms with Crippen LogP contribution in [-0.2, 0) is 4.79 Å². The molecule has 0 spiro atoms. The van der Waals surface area contributed by atoms with E-state index in [2.05, 4.69) is 10.6 Å². The second-order valence-electron chi connectivity index (χ2n) is 5.58. The summed E-state index contributed by atoms with van der Waals surface area (Å²) in [4.78, 5) is 12.1. The largest absolute Gasteiger partial charge is 0.354 e. The maximum atomic E-state index is 12.1. The van der Waals surface area contributed by atoms with Gasteiger partial charge >= 0.3 is 0 Å². The zero-order chi connectivity index (χ0) is 11.4. The van der Waals surface area contributed by atoms with Crippen LogP contribution >= 0.6 is 12.4 Å². The minimum atomic E-state index is -0.309. The van der Waals surface area contributed by atoms with Crippen LogP contribution in [0.1, 0.15) is 51.9 Å². The minimum Gasteiger partial charge on any atom is -0.354 e. The van der Waals surface area contributed by atoms with E-state index in [0.29, 0.717) is 0 Å². The van der Waals surface area contributed by atoms with Crippen molar-refractivity contribution in [2.24, 2.45) is 5.92 Å². The van der Waals surface area contributed by atoms with E-state index >= 15 is 0 Å². The number of amides is 1. The second kappa shape index (κ2) is 6.60. The molecule has 0 aromatic rings. The lowest BCUT2D eigenvalue weighted by Gasteiger charge is -2.33. The lowest BCUT2D eigenvalue weighted by atomic mass is 9.90. The number of hydrogen-bond donors (Lipinski definition) is 2. The third kappa shape index (κ3) is 3.85. The molecule has 2 fully saturated rings. The molecule has 1 atom stereocenters. The zero-order valence-electron chi connectivity index (χ0n) is 10.8. The van der Waals surface area contributed by atoms with Gasteiger partial charge in [0.25, 0.3) is 0 Å². The Morgan fingerprint density at radius 2 is 2.00 bits per heavy atom. The van der Waals surface area contributed by atoms with Gasteiger partial charge in [0.15, 0.2) is 0 Å². The fraction of sp³-hybridized carbons (Fsp3) is 0.923. The van der Waals surface area contributed by atoms with Crippen molar-refractivity contribution in [3.63, 3.8) is 0 Å². The predicted molar refractivity (Wildman–Crippen MR) is 72.5 cm³/mol. The first-order valence-electron chi connectivity index (χ1n) is 6.74. The molecular formula is C13H25ClN2O.